The summed E-state index contributed by atoms with van der Waals surface area (Å²) in [5, 5.41) is 2.84. The highest BCUT2D eigenvalue weighted by atomic mass is 16.2. The standard InChI is InChI=1S/C13H20N2O/c1-2-3-9-15-13(16)12(14)10-11-7-5-4-6-8-11/h4-8,12H,2-3,9-10,14H2,1H3,(H,15,16)/t12-/m1/s1. The number of unbranched alkanes of at least 4 members (excludes halogenated alkanes) is 1. The molecule has 0 saturated heterocycles. The van der Waals surface area contributed by atoms with Gasteiger partial charge in [-0.2, -0.15) is 0 Å². The van der Waals surface area contributed by atoms with Crippen LogP contribution in [0.15, 0.2) is 30.3 Å². The maximum Gasteiger partial charge on any atom is 0.237 e. The lowest BCUT2D eigenvalue weighted by molar-refractivity contribution is -0.122. The molecule has 88 valence electrons. The number of carbonyl (C=O) groups is 1. The Balaban J connectivity index is 2.34. The number of nitrogens with one attached hydrogen (secondary N) is 1. The second kappa shape index (κ2) is 7.01. The summed E-state index contributed by atoms with van der Waals surface area (Å²) in [6.45, 7) is 2.81. The zero-order chi connectivity index (χ0) is 11.8. The summed E-state index contributed by atoms with van der Waals surface area (Å²) in [6.07, 6.45) is 2.68. The zero-order valence-corrected chi connectivity index (χ0v) is 9.78. The van der Waals surface area contributed by atoms with Gasteiger partial charge < -0.3 is 11.1 Å². The van der Waals surface area contributed by atoms with E-state index in [0.29, 0.717) is 6.42 Å². The van der Waals surface area contributed by atoms with E-state index < -0.39 is 6.04 Å². The summed E-state index contributed by atoms with van der Waals surface area (Å²) in [5.41, 5.74) is 6.92. The Bertz CT molecular complexity index is 311. The molecule has 0 bridgehead atoms. The molecule has 0 aliphatic heterocycles. The van der Waals surface area contributed by atoms with Crippen molar-refractivity contribution in [2.24, 2.45) is 5.73 Å². The van der Waals surface area contributed by atoms with E-state index in [9.17, 15) is 4.79 Å². The minimum atomic E-state index is -0.445. The van der Waals surface area contributed by atoms with Crippen molar-refractivity contribution in [2.45, 2.75) is 32.2 Å². The van der Waals surface area contributed by atoms with Crippen LogP contribution in [0.5, 0.6) is 0 Å². The van der Waals surface area contributed by atoms with Crippen LogP contribution in [0.4, 0.5) is 0 Å². The number of nitrogens with two attached hydrogens (primary N) is 1. The molecule has 0 radical (unpaired) electrons. The van der Waals surface area contributed by atoms with Gasteiger partial charge >= 0.3 is 0 Å². The van der Waals surface area contributed by atoms with Crippen molar-refractivity contribution in [2.75, 3.05) is 6.54 Å². The highest BCUT2D eigenvalue weighted by molar-refractivity contribution is 5.81. The third-order valence-electron chi connectivity index (χ3n) is 2.46. The number of benzene rings is 1. The van der Waals surface area contributed by atoms with Gasteiger partial charge in [0.15, 0.2) is 0 Å². The molecule has 0 aliphatic rings. The first kappa shape index (κ1) is 12.7. The van der Waals surface area contributed by atoms with E-state index in [1.807, 2.05) is 30.3 Å². The normalized spacial score (nSPS) is 12.1. The summed E-state index contributed by atoms with van der Waals surface area (Å²) in [5.74, 6) is -0.0581. The first-order valence-corrected chi connectivity index (χ1v) is 5.81. The Morgan fingerprint density at radius 3 is 2.69 bits per heavy atom. The molecule has 1 aromatic rings. The highest BCUT2D eigenvalue weighted by Crippen LogP contribution is 2.01. The first-order chi connectivity index (χ1) is 7.74. The van der Waals surface area contributed by atoms with Gasteiger partial charge in [0, 0.05) is 6.54 Å². The van der Waals surface area contributed by atoms with Crippen molar-refractivity contribution in [3.63, 3.8) is 0 Å². The Kier molecular flexibility index (Phi) is 5.57. The Labute approximate surface area is 97.0 Å². The maximum atomic E-state index is 11.6. The number of amides is 1. The van der Waals surface area contributed by atoms with Crippen LogP contribution in [0.1, 0.15) is 25.3 Å². The van der Waals surface area contributed by atoms with E-state index >= 15 is 0 Å². The van der Waals surface area contributed by atoms with Crippen molar-refractivity contribution in [1.29, 1.82) is 0 Å². The van der Waals surface area contributed by atoms with Crippen LogP contribution in [0, 0.1) is 0 Å². The van der Waals surface area contributed by atoms with Gasteiger partial charge in [0.1, 0.15) is 0 Å². The number of hydrogen-bond donors (Lipinski definition) is 2. The summed E-state index contributed by atoms with van der Waals surface area (Å²) in [6, 6.07) is 9.39. The minimum Gasteiger partial charge on any atom is -0.355 e. The molecule has 1 atom stereocenters. The summed E-state index contributed by atoms with van der Waals surface area (Å²) < 4.78 is 0. The Hall–Kier alpha value is -1.35. The number of rotatable bonds is 6. The fraction of sp³-hybridized carbons (Fsp3) is 0.462. The minimum absolute atomic E-state index is 0.0581. The van der Waals surface area contributed by atoms with Crippen LogP contribution in [0.3, 0.4) is 0 Å². The first-order valence-electron chi connectivity index (χ1n) is 5.81. The summed E-state index contributed by atoms with van der Waals surface area (Å²) in [7, 11) is 0. The molecule has 0 aliphatic carbocycles. The van der Waals surface area contributed by atoms with Crippen molar-refractivity contribution >= 4 is 5.91 Å². The predicted octanol–water partition coefficient (Wildman–Crippen LogP) is 1.47. The molecule has 3 N–H and O–H groups in total. The lowest BCUT2D eigenvalue weighted by atomic mass is 10.1. The zero-order valence-electron chi connectivity index (χ0n) is 9.78. The summed E-state index contributed by atoms with van der Waals surface area (Å²) in [4.78, 5) is 11.6. The van der Waals surface area contributed by atoms with Gasteiger partial charge in [-0.05, 0) is 18.4 Å². The van der Waals surface area contributed by atoms with Crippen molar-refractivity contribution in [3.8, 4) is 0 Å². The van der Waals surface area contributed by atoms with Gasteiger partial charge in [0.25, 0.3) is 0 Å². The van der Waals surface area contributed by atoms with Crippen LogP contribution in [-0.4, -0.2) is 18.5 Å². The second-order valence-electron chi connectivity index (χ2n) is 3.94. The van der Waals surface area contributed by atoms with Crippen LogP contribution in [0.2, 0.25) is 0 Å². The quantitative estimate of drug-likeness (QED) is 0.713. The third kappa shape index (κ3) is 4.45. The smallest absolute Gasteiger partial charge is 0.237 e. The molecule has 0 unspecified atom stereocenters. The van der Waals surface area contributed by atoms with Crippen LogP contribution < -0.4 is 11.1 Å². The maximum absolute atomic E-state index is 11.6. The predicted molar refractivity (Wildman–Crippen MR) is 66.0 cm³/mol. The van der Waals surface area contributed by atoms with Gasteiger partial charge in [-0.15, -0.1) is 0 Å². The highest BCUT2D eigenvalue weighted by Gasteiger charge is 2.12. The molecule has 0 aromatic heterocycles. The van der Waals surface area contributed by atoms with E-state index in [0.717, 1.165) is 24.9 Å². The van der Waals surface area contributed by atoms with Gasteiger partial charge in [-0.1, -0.05) is 43.7 Å². The number of carbonyl (C=O) groups excluding carboxylic acids is 1. The van der Waals surface area contributed by atoms with Gasteiger partial charge in [-0.3, -0.25) is 4.79 Å². The molecule has 0 saturated carbocycles. The lowest BCUT2D eigenvalue weighted by Crippen LogP contribution is -2.42. The third-order valence-corrected chi connectivity index (χ3v) is 2.46. The number of hydrogen-bond acceptors (Lipinski definition) is 2. The lowest BCUT2D eigenvalue weighted by Gasteiger charge is -2.11. The molecule has 0 spiro atoms. The fourth-order valence-corrected chi connectivity index (χ4v) is 1.48. The van der Waals surface area contributed by atoms with E-state index in [1.165, 1.54) is 0 Å². The Morgan fingerprint density at radius 1 is 1.38 bits per heavy atom. The molecule has 1 aromatic carbocycles. The summed E-state index contributed by atoms with van der Waals surface area (Å²) >= 11 is 0. The average molecular weight is 220 g/mol. The van der Waals surface area contributed by atoms with Crippen molar-refractivity contribution in [3.05, 3.63) is 35.9 Å². The van der Waals surface area contributed by atoms with Gasteiger partial charge in [-0.25, -0.2) is 0 Å². The molecule has 3 heteroatoms. The molecule has 1 rings (SSSR count). The molecule has 1 amide bonds. The molecule has 16 heavy (non-hydrogen) atoms. The molecular weight excluding hydrogens is 200 g/mol. The van der Waals surface area contributed by atoms with E-state index in [2.05, 4.69) is 12.2 Å². The van der Waals surface area contributed by atoms with Crippen molar-refractivity contribution in [1.82, 2.24) is 5.32 Å². The average Bonchev–Trinajstić information content (AvgIpc) is 2.30. The Morgan fingerprint density at radius 2 is 2.06 bits per heavy atom. The topological polar surface area (TPSA) is 55.1 Å². The fourth-order valence-electron chi connectivity index (χ4n) is 1.48. The molecule has 3 nitrogen and oxygen atoms in total. The van der Waals surface area contributed by atoms with Crippen molar-refractivity contribution < 1.29 is 4.79 Å². The van der Waals surface area contributed by atoms with E-state index in [4.69, 9.17) is 5.73 Å². The second-order valence-corrected chi connectivity index (χ2v) is 3.94. The van der Waals surface area contributed by atoms with Crippen LogP contribution in [0.25, 0.3) is 0 Å². The molecule has 0 heterocycles. The van der Waals surface area contributed by atoms with Gasteiger partial charge in [0.05, 0.1) is 6.04 Å². The van der Waals surface area contributed by atoms with E-state index in [1.54, 1.807) is 0 Å². The molecule has 0 fully saturated rings. The SMILES string of the molecule is CCCCNC(=O)[C@H](N)Cc1ccccc1. The monoisotopic (exact) mass is 220 g/mol. The largest absolute Gasteiger partial charge is 0.355 e. The van der Waals surface area contributed by atoms with E-state index in [-0.39, 0.29) is 5.91 Å². The van der Waals surface area contributed by atoms with Crippen LogP contribution in [-0.2, 0) is 11.2 Å². The van der Waals surface area contributed by atoms with Crippen LogP contribution >= 0.6 is 0 Å². The molecular formula is C13H20N2O. The van der Waals surface area contributed by atoms with Gasteiger partial charge in [0.2, 0.25) is 5.91 Å².